The summed E-state index contributed by atoms with van der Waals surface area (Å²) in [5.41, 5.74) is 1.96. The molecule has 11 heavy (non-hydrogen) atoms. The summed E-state index contributed by atoms with van der Waals surface area (Å²) in [5.74, 6) is 0. The van der Waals surface area contributed by atoms with Gasteiger partial charge >= 0.3 is 0 Å². The van der Waals surface area contributed by atoms with Gasteiger partial charge in [0.2, 0.25) is 0 Å². The monoisotopic (exact) mass is 154 g/mol. The van der Waals surface area contributed by atoms with Gasteiger partial charge in [-0.25, -0.2) is 4.68 Å². The van der Waals surface area contributed by atoms with Crippen molar-refractivity contribution in [1.82, 2.24) is 9.78 Å². The molecule has 0 aliphatic carbocycles. The van der Waals surface area contributed by atoms with Crippen LogP contribution in [0, 0.1) is 13.8 Å². The molecule has 3 heteroatoms. The summed E-state index contributed by atoms with van der Waals surface area (Å²) < 4.78 is 1.65. The first kappa shape index (κ1) is 8.27. The molecule has 0 fully saturated rings. The zero-order valence-electron chi connectivity index (χ0n) is 7.20. The van der Waals surface area contributed by atoms with Crippen LogP contribution in [0.2, 0.25) is 0 Å². The number of aliphatic hydroxyl groups is 1. The average Bonchev–Trinajstić information content (AvgIpc) is 2.28. The first-order chi connectivity index (χ1) is 5.15. The molecule has 0 aliphatic heterocycles. The van der Waals surface area contributed by atoms with Crippen molar-refractivity contribution in [2.45, 2.75) is 33.4 Å². The van der Waals surface area contributed by atoms with Crippen LogP contribution in [0.5, 0.6) is 0 Å². The highest BCUT2D eigenvalue weighted by molar-refractivity contribution is 5.06. The third kappa shape index (κ3) is 1.60. The molecule has 1 heterocycles. The van der Waals surface area contributed by atoms with Gasteiger partial charge in [0.05, 0.1) is 5.69 Å². The highest BCUT2D eigenvalue weighted by Gasteiger charge is 2.07. The van der Waals surface area contributed by atoms with Gasteiger partial charge in [-0.3, -0.25) is 0 Å². The molecule has 0 aliphatic rings. The van der Waals surface area contributed by atoms with Crippen molar-refractivity contribution in [1.29, 1.82) is 0 Å². The van der Waals surface area contributed by atoms with E-state index in [-0.39, 0.29) is 0 Å². The van der Waals surface area contributed by atoms with Gasteiger partial charge in [-0.15, -0.1) is 0 Å². The molecule has 3 nitrogen and oxygen atoms in total. The van der Waals surface area contributed by atoms with E-state index in [1.807, 2.05) is 26.8 Å². The second-order valence-corrected chi connectivity index (χ2v) is 2.76. The lowest BCUT2D eigenvalue weighted by Gasteiger charge is -2.09. The fourth-order valence-electron chi connectivity index (χ4n) is 1.12. The highest BCUT2D eigenvalue weighted by Crippen LogP contribution is 2.10. The minimum absolute atomic E-state index is 0.469. The zero-order chi connectivity index (χ0) is 8.43. The summed E-state index contributed by atoms with van der Waals surface area (Å²) in [6.07, 6.45) is 0.228. The summed E-state index contributed by atoms with van der Waals surface area (Å²) in [6, 6.07) is 1.96. The molecule has 1 aromatic heterocycles. The van der Waals surface area contributed by atoms with E-state index < -0.39 is 6.23 Å². The number of aliphatic hydroxyl groups excluding tert-OH is 1. The van der Waals surface area contributed by atoms with Crippen LogP contribution in [0.1, 0.15) is 31.0 Å². The molecule has 0 bridgehead atoms. The number of aryl methyl sites for hydroxylation is 2. The number of hydrogen-bond acceptors (Lipinski definition) is 2. The third-order valence-corrected chi connectivity index (χ3v) is 1.69. The van der Waals surface area contributed by atoms with E-state index in [0.717, 1.165) is 11.4 Å². The molecule has 1 N–H and O–H groups in total. The maximum absolute atomic E-state index is 9.42. The van der Waals surface area contributed by atoms with Crippen LogP contribution in [0.4, 0.5) is 0 Å². The van der Waals surface area contributed by atoms with Crippen molar-refractivity contribution in [2.24, 2.45) is 0 Å². The second kappa shape index (κ2) is 3.05. The van der Waals surface area contributed by atoms with Crippen molar-refractivity contribution in [3.05, 3.63) is 17.5 Å². The zero-order valence-corrected chi connectivity index (χ0v) is 7.20. The highest BCUT2D eigenvalue weighted by atomic mass is 16.3. The molecular weight excluding hydrogens is 140 g/mol. The third-order valence-electron chi connectivity index (χ3n) is 1.69. The van der Waals surface area contributed by atoms with Crippen LogP contribution < -0.4 is 0 Å². The average molecular weight is 154 g/mol. The van der Waals surface area contributed by atoms with E-state index in [0.29, 0.717) is 6.42 Å². The van der Waals surface area contributed by atoms with Crippen LogP contribution >= 0.6 is 0 Å². The predicted molar refractivity (Wildman–Crippen MR) is 43.2 cm³/mol. The van der Waals surface area contributed by atoms with Crippen LogP contribution in [-0.4, -0.2) is 14.9 Å². The minimum Gasteiger partial charge on any atom is -0.372 e. The first-order valence-corrected chi connectivity index (χ1v) is 3.86. The van der Waals surface area contributed by atoms with Crippen LogP contribution in [0.3, 0.4) is 0 Å². The Labute approximate surface area is 66.7 Å². The van der Waals surface area contributed by atoms with Gasteiger partial charge in [0.1, 0.15) is 6.23 Å². The van der Waals surface area contributed by atoms with Gasteiger partial charge in [-0.05, 0) is 26.3 Å². The molecule has 1 unspecified atom stereocenters. The maximum Gasteiger partial charge on any atom is 0.147 e. The summed E-state index contributed by atoms with van der Waals surface area (Å²) in [7, 11) is 0. The molecule has 0 aromatic carbocycles. The van der Waals surface area contributed by atoms with E-state index in [2.05, 4.69) is 5.10 Å². The van der Waals surface area contributed by atoms with Crippen LogP contribution in [0.25, 0.3) is 0 Å². The quantitative estimate of drug-likeness (QED) is 0.699. The Hall–Kier alpha value is -0.830. The molecule has 1 rings (SSSR count). The second-order valence-electron chi connectivity index (χ2n) is 2.76. The SMILES string of the molecule is CCC(O)n1nc(C)cc1C. The van der Waals surface area contributed by atoms with Gasteiger partial charge in [-0.1, -0.05) is 6.92 Å². The Balaban J connectivity index is 2.93. The lowest BCUT2D eigenvalue weighted by molar-refractivity contribution is 0.0843. The van der Waals surface area contributed by atoms with E-state index in [9.17, 15) is 5.11 Å². The molecular formula is C8H14N2O. The van der Waals surface area contributed by atoms with Gasteiger partial charge in [0.25, 0.3) is 0 Å². The Morgan fingerprint density at radius 1 is 1.64 bits per heavy atom. The van der Waals surface area contributed by atoms with Gasteiger partial charge < -0.3 is 5.11 Å². The van der Waals surface area contributed by atoms with Crippen molar-refractivity contribution in [3.8, 4) is 0 Å². The lowest BCUT2D eigenvalue weighted by atomic mass is 10.4. The molecule has 0 amide bonds. The molecule has 0 radical (unpaired) electrons. The normalized spacial score (nSPS) is 13.5. The smallest absolute Gasteiger partial charge is 0.147 e. The largest absolute Gasteiger partial charge is 0.372 e. The van der Waals surface area contributed by atoms with Crippen molar-refractivity contribution in [2.75, 3.05) is 0 Å². The number of hydrogen-bond donors (Lipinski definition) is 1. The molecule has 0 saturated carbocycles. The van der Waals surface area contributed by atoms with Crippen molar-refractivity contribution >= 4 is 0 Å². The van der Waals surface area contributed by atoms with Gasteiger partial charge in [0, 0.05) is 5.69 Å². The summed E-state index contributed by atoms with van der Waals surface area (Å²) in [5, 5.41) is 13.6. The van der Waals surface area contributed by atoms with Gasteiger partial charge in [-0.2, -0.15) is 5.10 Å². The standard InChI is InChI=1S/C8H14N2O/c1-4-8(11)10-7(3)5-6(2)9-10/h5,8,11H,4H2,1-3H3. The Morgan fingerprint density at radius 2 is 2.27 bits per heavy atom. The topological polar surface area (TPSA) is 38.0 Å². The Kier molecular flexibility index (Phi) is 2.29. The van der Waals surface area contributed by atoms with Crippen LogP contribution in [0.15, 0.2) is 6.07 Å². The van der Waals surface area contributed by atoms with Crippen LogP contribution in [-0.2, 0) is 0 Å². The van der Waals surface area contributed by atoms with E-state index >= 15 is 0 Å². The van der Waals surface area contributed by atoms with Gasteiger partial charge in [0.15, 0.2) is 0 Å². The summed E-state index contributed by atoms with van der Waals surface area (Å²) in [4.78, 5) is 0. The molecule has 62 valence electrons. The molecule has 1 aromatic rings. The minimum atomic E-state index is -0.469. The molecule has 0 spiro atoms. The van der Waals surface area contributed by atoms with E-state index in [4.69, 9.17) is 0 Å². The number of aromatic nitrogens is 2. The number of nitrogens with zero attached hydrogens (tertiary/aromatic N) is 2. The Bertz CT molecular complexity index is 242. The maximum atomic E-state index is 9.42. The first-order valence-electron chi connectivity index (χ1n) is 3.86. The lowest BCUT2D eigenvalue weighted by Crippen LogP contribution is -2.10. The Morgan fingerprint density at radius 3 is 2.64 bits per heavy atom. The van der Waals surface area contributed by atoms with E-state index in [1.54, 1.807) is 4.68 Å². The summed E-state index contributed by atoms with van der Waals surface area (Å²) in [6.45, 7) is 5.80. The van der Waals surface area contributed by atoms with E-state index in [1.165, 1.54) is 0 Å². The van der Waals surface area contributed by atoms with Crippen molar-refractivity contribution < 1.29 is 5.11 Å². The molecule has 1 atom stereocenters. The summed E-state index contributed by atoms with van der Waals surface area (Å²) >= 11 is 0. The molecule has 0 saturated heterocycles. The number of rotatable bonds is 2. The fourth-order valence-corrected chi connectivity index (χ4v) is 1.12. The van der Waals surface area contributed by atoms with Crippen molar-refractivity contribution in [3.63, 3.8) is 0 Å². The predicted octanol–water partition coefficient (Wildman–Crippen LogP) is 1.40. The fraction of sp³-hybridized carbons (Fsp3) is 0.625.